The first kappa shape index (κ1) is 18.7. The maximum absolute atomic E-state index is 13.0. The fraction of sp³-hybridized carbons (Fsp3) is 0.467. The number of aromatic nitrogens is 2. The minimum absolute atomic E-state index is 0.00513. The number of sulfonamides is 1. The summed E-state index contributed by atoms with van der Waals surface area (Å²) < 4.78 is 37.7. The second-order valence-corrected chi connectivity index (χ2v) is 7.73. The van der Waals surface area contributed by atoms with Crippen molar-refractivity contribution in [2.24, 2.45) is 0 Å². The van der Waals surface area contributed by atoms with E-state index in [1.807, 2.05) is 0 Å². The predicted octanol–water partition coefficient (Wildman–Crippen LogP) is 3.12. The van der Waals surface area contributed by atoms with Crippen LogP contribution < -0.4 is 4.74 Å². The molecule has 1 heterocycles. The van der Waals surface area contributed by atoms with Gasteiger partial charge in [-0.1, -0.05) is 16.8 Å². The first-order chi connectivity index (χ1) is 11.2. The highest BCUT2D eigenvalue weighted by Gasteiger charge is 2.32. The Kier molecular flexibility index (Phi) is 5.52. The number of ether oxygens (including phenoxy) is 1. The highest BCUT2D eigenvalue weighted by molar-refractivity contribution is 7.89. The van der Waals surface area contributed by atoms with Crippen molar-refractivity contribution in [1.29, 1.82) is 0 Å². The van der Waals surface area contributed by atoms with E-state index in [-0.39, 0.29) is 16.5 Å². The highest BCUT2D eigenvalue weighted by Crippen LogP contribution is 2.34. The topological polar surface area (TPSA) is 85.5 Å². The smallest absolute Gasteiger partial charge is 0.247 e. The van der Waals surface area contributed by atoms with E-state index in [1.165, 1.54) is 13.1 Å². The largest absolute Gasteiger partial charge is 0.492 e. The molecule has 1 atom stereocenters. The van der Waals surface area contributed by atoms with Crippen LogP contribution in [-0.4, -0.2) is 36.5 Å². The van der Waals surface area contributed by atoms with E-state index < -0.39 is 16.1 Å². The van der Waals surface area contributed by atoms with Gasteiger partial charge in [-0.3, -0.25) is 0 Å². The van der Waals surface area contributed by atoms with E-state index in [4.69, 9.17) is 20.9 Å². The maximum Gasteiger partial charge on any atom is 0.247 e. The van der Waals surface area contributed by atoms with Crippen LogP contribution in [0.3, 0.4) is 0 Å². The quantitative estimate of drug-likeness (QED) is 0.773. The van der Waals surface area contributed by atoms with E-state index in [2.05, 4.69) is 10.1 Å². The molecule has 9 heteroatoms. The molecule has 0 saturated heterocycles. The van der Waals surface area contributed by atoms with Crippen molar-refractivity contribution in [2.45, 2.75) is 38.6 Å². The standard InChI is InChI=1S/C15H20ClN3O4S/c1-6-22-13-7-9(2)12(16)8-14(13)24(20,21)19(5)10(3)15-17-11(4)18-23-15/h7-8,10H,6H2,1-5H3. The first-order valence-electron chi connectivity index (χ1n) is 7.39. The average molecular weight is 374 g/mol. The summed E-state index contributed by atoms with van der Waals surface area (Å²) in [6, 6.07) is 2.39. The monoisotopic (exact) mass is 373 g/mol. The fourth-order valence-corrected chi connectivity index (χ4v) is 3.79. The van der Waals surface area contributed by atoms with E-state index in [0.717, 1.165) is 9.87 Å². The molecular formula is C15H20ClN3O4S. The van der Waals surface area contributed by atoms with Gasteiger partial charge >= 0.3 is 0 Å². The zero-order valence-corrected chi connectivity index (χ0v) is 15.8. The van der Waals surface area contributed by atoms with Gasteiger partial charge in [-0.2, -0.15) is 9.29 Å². The third-order valence-corrected chi connectivity index (χ3v) is 5.98. The Balaban J connectivity index is 2.47. The second kappa shape index (κ2) is 7.08. The van der Waals surface area contributed by atoms with Crippen LogP contribution in [0.25, 0.3) is 0 Å². The summed E-state index contributed by atoms with van der Waals surface area (Å²) in [5.41, 5.74) is 0.738. The summed E-state index contributed by atoms with van der Waals surface area (Å²) in [4.78, 5) is 4.09. The lowest BCUT2D eigenvalue weighted by Crippen LogP contribution is -2.30. The Morgan fingerprint density at radius 2 is 2.04 bits per heavy atom. The van der Waals surface area contributed by atoms with Crippen molar-refractivity contribution >= 4 is 21.6 Å². The molecule has 24 heavy (non-hydrogen) atoms. The molecule has 2 rings (SSSR count). The van der Waals surface area contributed by atoms with Gasteiger partial charge < -0.3 is 9.26 Å². The van der Waals surface area contributed by atoms with Crippen LogP contribution in [0.4, 0.5) is 0 Å². The molecule has 7 nitrogen and oxygen atoms in total. The third kappa shape index (κ3) is 3.55. The normalized spacial score (nSPS) is 13.3. The maximum atomic E-state index is 13.0. The fourth-order valence-electron chi connectivity index (χ4n) is 2.11. The number of rotatable bonds is 6. The minimum atomic E-state index is -3.87. The Labute approximate surface area is 146 Å². The average Bonchev–Trinajstić information content (AvgIpc) is 2.95. The lowest BCUT2D eigenvalue weighted by Gasteiger charge is -2.23. The van der Waals surface area contributed by atoms with Gasteiger partial charge in [0.1, 0.15) is 16.7 Å². The van der Waals surface area contributed by atoms with Crippen molar-refractivity contribution < 1.29 is 17.7 Å². The van der Waals surface area contributed by atoms with E-state index in [9.17, 15) is 8.42 Å². The van der Waals surface area contributed by atoms with Crippen molar-refractivity contribution in [3.63, 3.8) is 0 Å². The lowest BCUT2D eigenvalue weighted by molar-refractivity contribution is 0.287. The SMILES string of the molecule is CCOc1cc(C)c(Cl)cc1S(=O)(=O)N(C)C(C)c1nc(C)no1. The molecule has 0 aliphatic rings. The molecule has 0 N–H and O–H groups in total. The molecule has 0 saturated carbocycles. The van der Waals surface area contributed by atoms with E-state index in [0.29, 0.717) is 17.5 Å². The predicted molar refractivity (Wildman–Crippen MR) is 89.8 cm³/mol. The Hall–Kier alpha value is -1.64. The number of nitrogens with zero attached hydrogens (tertiary/aromatic N) is 3. The Morgan fingerprint density at radius 1 is 1.38 bits per heavy atom. The van der Waals surface area contributed by atoms with Gasteiger partial charge in [0.05, 0.1) is 6.61 Å². The molecule has 0 radical (unpaired) electrons. The van der Waals surface area contributed by atoms with Crippen LogP contribution in [0, 0.1) is 13.8 Å². The number of halogens is 1. The molecule has 0 aliphatic heterocycles. The molecule has 0 aliphatic carbocycles. The molecule has 132 valence electrons. The van der Waals surface area contributed by atoms with Crippen LogP contribution in [0.15, 0.2) is 21.6 Å². The molecule has 1 aromatic heterocycles. The summed E-state index contributed by atoms with van der Waals surface area (Å²) >= 11 is 6.12. The van der Waals surface area contributed by atoms with Crippen molar-refractivity contribution in [2.75, 3.05) is 13.7 Å². The first-order valence-corrected chi connectivity index (χ1v) is 9.21. The van der Waals surface area contributed by atoms with Crippen LogP contribution in [0.5, 0.6) is 5.75 Å². The van der Waals surface area contributed by atoms with Crippen LogP contribution in [0.2, 0.25) is 5.02 Å². The van der Waals surface area contributed by atoms with Crippen molar-refractivity contribution in [1.82, 2.24) is 14.4 Å². The lowest BCUT2D eigenvalue weighted by atomic mass is 10.2. The van der Waals surface area contributed by atoms with Gasteiger partial charge in [-0.05, 0) is 45.4 Å². The summed E-state index contributed by atoms with van der Waals surface area (Å²) in [6.45, 7) is 7.25. The zero-order valence-electron chi connectivity index (χ0n) is 14.2. The number of hydrogen-bond donors (Lipinski definition) is 0. The van der Waals surface area contributed by atoms with Gasteiger partial charge in [-0.25, -0.2) is 8.42 Å². The molecule has 1 unspecified atom stereocenters. The number of hydrogen-bond acceptors (Lipinski definition) is 6. The van der Waals surface area contributed by atoms with Crippen LogP contribution in [-0.2, 0) is 10.0 Å². The molecule has 1 aromatic carbocycles. The highest BCUT2D eigenvalue weighted by atomic mass is 35.5. The summed E-state index contributed by atoms with van der Waals surface area (Å²) in [6.07, 6.45) is 0. The van der Waals surface area contributed by atoms with Crippen molar-refractivity contribution in [3.05, 3.63) is 34.4 Å². The van der Waals surface area contributed by atoms with Crippen LogP contribution >= 0.6 is 11.6 Å². The minimum Gasteiger partial charge on any atom is -0.492 e. The molecule has 0 spiro atoms. The summed E-state index contributed by atoms with van der Waals surface area (Å²) in [5.74, 6) is 0.922. The molecule has 0 fully saturated rings. The summed E-state index contributed by atoms with van der Waals surface area (Å²) in [7, 11) is -2.43. The van der Waals surface area contributed by atoms with Gasteiger partial charge in [-0.15, -0.1) is 0 Å². The van der Waals surface area contributed by atoms with Gasteiger partial charge in [0.2, 0.25) is 15.9 Å². The molecular weight excluding hydrogens is 354 g/mol. The van der Waals surface area contributed by atoms with Gasteiger partial charge in [0.15, 0.2) is 5.82 Å². The van der Waals surface area contributed by atoms with E-state index in [1.54, 1.807) is 33.8 Å². The third-order valence-electron chi connectivity index (χ3n) is 3.63. The molecule has 2 aromatic rings. The molecule has 0 amide bonds. The Morgan fingerprint density at radius 3 is 2.58 bits per heavy atom. The van der Waals surface area contributed by atoms with Crippen LogP contribution in [0.1, 0.15) is 37.2 Å². The van der Waals surface area contributed by atoms with E-state index >= 15 is 0 Å². The number of benzene rings is 1. The number of aryl methyl sites for hydroxylation is 2. The van der Waals surface area contributed by atoms with Gasteiger partial charge in [0, 0.05) is 12.1 Å². The van der Waals surface area contributed by atoms with Crippen molar-refractivity contribution in [3.8, 4) is 5.75 Å². The second-order valence-electron chi connectivity index (χ2n) is 5.36. The Bertz CT molecular complexity index is 835. The molecule has 0 bridgehead atoms. The summed E-state index contributed by atoms with van der Waals surface area (Å²) in [5, 5.41) is 4.05. The van der Waals surface area contributed by atoms with Gasteiger partial charge in [0.25, 0.3) is 0 Å². The zero-order chi connectivity index (χ0) is 18.1.